The molecule has 0 aliphatic heterocycles. The Morgan fingerprint density at radius 2 is 1.96 bits per heavy atom. The SMILES string of the molecule is CCn1cc(C(=O)N/N=C/c2c(Cl)cccc2Cl)c(=O)c2ccc(C)nc21. The number of aromatic nitrogens is 2. The van der Waals surface area contributed by atoms with Crippen molar-refractivity contribution >= 4 is 46.4 Å². The number of nitrogens with one attached hydrogen (secondary N) is 1. The Bertz CT molecular complexity index is 1100. The van der Waals surface area contributed by atoms with Gasteiger partial charge in [0, 0.05) is 24.0 Å². The summed E-state index contributed by atoms with van der Waals surface area (Å²) < 4.78 is 1.76. The zero-order valence-corrected chi connectivity index (χ0v) is 16.2. The van der Waals surface area contributed by atoms with E-state index in [1.807, 2.05) is 13.8 Å². The van der Waals surface area contributed by atoms with Crippen molar-refractivity contribution in [2.45, 2.75) is 20.4 Å². The number of carbonyl (C=O) groups excluding carboxylic acids is 1. The number of pyridine rings is 2. The van der Waals surface area contributed by atoms with Gasteiger partial charge in [0.2, 0.25) is 5.43 Å². The van der Waals surface area contributed by atoms with Gasteiger partial charge in [0.25, 0.3) is 5.91 Å². The van der Waals surface area contributed by atoms with Crippen LogP contribution in [-0.2, 0) is 6.54 Å². The van der Waals surface area contributed by atoms with Gasteiger partial charge in [-0.1, -0.05) is 29.3 Å². The highest BCUT2D eigenvalue weighted by atomic mass is 35.5. The van der Waals surface area contributed by atoms with Gasteiger partial charge in [-0.3, -0.25) is 9.59 Å². The fourth-order valence-corrected chi connectivity index (χ4v) is 3.11. The van der Waals surface area contributed by atoms with Gasteiger partial charge in [-0.05, 0) is 38.1 Å². The maximum Gasteiger partial charge on any atom is 0.276 e. The number of benzene rings is 1. The fraction of sp³-hybridized carbons (Fsp3) is 0.158. The molecule has 0 saturated heterocycles. The lowest BCUT2D eigenvalue weighted by Crippen LogP contribution is -2.27. The average Bonchev–Trinajstić information content (AvgIpc) is 2.64. The third-order valence-corrected chi connectivity index (χ3v) is 4.66. The first-order valence-electron chi connectivity index (χ1n) is 8.20. The minimum absolute atomic E-state index is 0.0163. The number of aryl methyl sites for hydroxylation is 2. The van der Waals surface area contributed by atoms with E-state index >= 15 is 0 Å². The number of carbonyl (C=O) groups is 1. The number of halogens is 2. The van der Waals surface area contributed by atoms with Crippen molar-refractivity contribution in [2.75, 3.05) is 0 Å². The normalized spacial score (nSPS) is 11.3. The van der Waals surface area contributed by atoms with Crippen LogP contribution in [0.25, 0.3) is 11.0 Å². The zero-order chi connectivity index (χ0) is 19.6. The number of amides is 1. The first-order chi connectivity index (χ1) is 12.9. The van der Waals surface area contributed by atoms with Gasteiger partial charge >= 0.3 is 0 Å². The summed E-state index contributed by atoms with van der Waals surface area (Å²) in [7, 11) is 0. The van der Waals surface area contributed by atoms with Crippen LogP contribution in [0.1, 0.15) is 28.5 Å². The van der Waals surface area contributed by atoms with E-state index in [-0.39, 0.29) is 5.56 Å². The Morgan fingerprint density at radius 1 is 1.26 bits per heavy atom. The van der Waals surface area contributed by atoms with Crippen LogP contribution in [0.3, 0.4) is 0 Å². The Labute approximate surface area is 165 Å². The molecule has 3 rings (SSSR count). The average molecular weight is 403 g/mol. The zero-order valence-electron chi connectivity index (χ0n) is 14.7. The van der Waals surface area contributed by atoms with Gasteiger partial charge < -0.3 is 4.57 Å². The molecule has 0 aliphatic rings. The van der Waals surface area contributed by atoms with E-state index in [4.69, 9.17) is 23.2 Å². The van der Waals surface area contributed by atoms with Crippen LogP contribution in [0.4, 0.5) is 0 Å². The summed E-state index contributed by atoms with van der Waals surface area (Å²) >= 11 is 12.1. The molecule has 27 heavy (non-hydrogen) atoms. The first kappa shape index (κ1) is 19.1. The van der Waals surface area contributed by atoms with Crippen LogP contribution < -0.4 is 10.9 Å². The molecule has 2 aromatic heterocycles. The van der Waals surface area contributed by atoms with Crippen LogP contribution in [0.15, 0.2) is 46.4 Å². The van der Waals surface area contributed by atoms with E-state index in [0.717, 1.165) is 5.69 Å². The van der Waals surface area contributed by atoms with Gasteiger partial charge in [0.1, 0.15) is 11.2 Å². The van der Waals surface area contributed by atoms with Crippen LogP contribution in [0, 0.1) is 6.92 Å². The summed E-state index contributed by atoms with van der Waals surface area (Å²) in [5, 5.41) is 5.06. The fourth-order valence-electron chi connectivity index (χ4n) is 2.61. The standard InChI is InChI=1S/C19H16Cl2N4O2/c1-3-25-10-14(17(26)12-8-7-11(2)23-18(12)25)19(27)24-22-9-13-15(20)5-4-6-16(13)21/h4-10H,3H2,1-2H3,(H,24,27)/b22-9+. The maximum atomic E-state index is 12.7. The predicted octanol–water partition coefficient (Wildman–Crippen LogP) is 3.80. The molecule has 0 fully saturated rings. The first-order valence-corrected chi connectivity index (χ1v) is 8.96. The van der Waals surface area contributed by atoms with Gasteiger partial charge in [0.15, 0.2) is 0 Å². The molecule has 1 aromatic carbocycles. The molecule has 8 heteroatoms. The molecular formula is C19H16Cl2N4O2. The van der Waals surface area contributed by atoms with E-state index in [0.29, 0.717) is 33.2 Å². The van der Waals surface area contributed by atoms with Crippen molar-refractivity contribution in [3.05, 3.63) is 73.6 Å². The molecule has 6 nitrogen and oxygen atoms in total. The number of fused-ring (bicyclic) bond motifs is 1. The lowest BCUT2D eigenvalue weighted by molar-refractivity contribution is 0.0953. The lowest BCUT2D eigenvalue weighted by atomic mass is 10.1. The quantitative estimate of drug-likeness (QED) is 0.532. The monoisotopic (exact) mass is 402 g/mol. The van der Waals surface area contributed by atoms with Crippen LogP contribution in [-0.4, -0.2) is 21.7 Å². The van der Waals surface area contributed by atoms with Crippen molar-refractivity contribution in [1.29, 1.82) is 0 Å². The topological polar surface area (TPSA) is 76.3 Å². The van der Waals surface area contributed by atoms with Crippen LogP contribution in [0.2, 0.25) is 10.0 Å². The highest BCUT2D eigenvalue weighted by Gasteiger charge is 2.15. The second-order valence-electron chi connectivity index (χ2n) is 5.82. The van der Waals surface area contributed by atoms with E-state index in [9.17, 15) is 9.59 Å². The van der Waals surface area contributed by atoms with Crippen molar-refractivity contribution in [3.63, 3.8) is 0 Å². The molecule has 3 aromatic rings. The summed E-state index contributed by atoms with van der Waals surface area (Å²) in [4.78, 5) is 29.6. The third kappa shape index (κ3) is 3.86. The summed E-state index contributed by atoms with van der Waals surface area (Å²) in [6.07, 6.45) is 2.83. The molecule has 0 aliphatic carbocycles. The van der Waals surface area contributed by atoms with E-state index in [2.05, 4.69) is 15.5 Å². The number of hydrogen-bond donors (Lipinski definition) is 1. The Hall–Kier alpha value is -2.70. The van der Waals surface area contributed by atoms with Crippen molar-refractivity contribution in [2.24, 2.45) is 5.10 Å². The summed E-state index contributed by atoms with van der Waals surface area (Å²) in [6, 6.07) is 8.45. The van der Waals surface area contributed by atoms with Crippen molar-refractivity contribution < 1.29 is 4.79 Å². The summed E-state index contributed by atoms with van der Waals surface area (Å²) in [5.41, 5.74) is 3.75. The third-order valence-electron chi connectivity index (χ3n) is 4.01. The van der Waals surface area contributed by atoms with Gasteiger partial charge in [-0.2, -0.15) is 5.10 Å². The summed E-state index contributed by atoms with van der Waals surface area (Å²) in [6.45, 7) is 4.32. The van der Waals surface area contributed by atoms with E-state index in [1.165, 1.54) is 12.4 Å². The highest BCUT2D eigenvalue weighted by molar-refractivity contribution is 6.38. The van der Waals surface area contributed by atoms with Gasteiger partial charge in [0.05, 0.1) is 21.6 Å². The number of hydrogen-bond acceptors (Lipinski definition) is 4. The van der Waals surface area contributed by atoms with Crippen LogP contribution in [0.5, 0.6) is 0 Å². The molecule has 1 amide bonds. The van der Waals surface area contributed by atoms with Gasteiger partial charge in [-0.15, -0.1) is 0 Å². The minimum Gasteiger partial charge on any atom is -0.332 e. The van der Waals surface area contributed by atoms with E-state index < -0.39 is 11.3 Å². The molecular weight excluding hydrogens is 387 g/mol. The largest absolute Gasteiger partial charge is 0.332 e. The van der Waals surface area contributed by atoms with Gasteiger partial charge in [-0.25, -0.2) is 10.4 Å². The summed E-state index contributed by atoms with van der Waals surface area (Å²) in [5.74, 6) is -0.621. The second-order valence-corrected chi connectivity index (χ2v) is 6.63. The molecule has 0 radical (unpaired) electrons. The molecule has 0 spiro atoms. The Kier molecular flexibility index (Phi) is 5.58. The lowest BCUT2D eigenvalue weighted by Gasteiger charge is -2.10. The van der Waals surface area contributed by atoms with Crippen molar-refractivity contribution in [3.8, 4) is 0 Å². The highest BCUT2D eigenvalue weighted by Crippen LogP contribution is 2.22. The Balaban J connectivity index is 1.94. The number of nitrogens with zero attached hydrogens (tertiary/aromatic N) is 3. The maximum absolute atomic E-state index is 12.7. The Morgan fingerprint density at radius 3 is 2.63 bits per heavy atom. The molecule has 0 saturated carbocycles. The molecule has 0 unspecified atom stereocenters. The van der Waals surface area contributed by atoms with Crippen LogP contribution >= 0.6 is 23.2 Å². The van der Waals surface area contributed by atoms with Crippen molar-refractivity contribution in [1.82, 2.24) is 15.0 Å². The predicted molar refractivity (Wildman–Crippen MR) is 108 cm³/mol. The molecule has 1 N–H and O–H groups in total. The number of rotatable bonds is 4. The minimum atomic E-state index is -0.621. The molecule has 138 valence electrons. The molecule has 0 bridgehead atoms. The second kappa shape index (κ2) is 7.90. The molecule has 2 heterocycles. The number of hydrazone groups is 1. The van der Waals surface area contributed by atoms with E-state index in [1.54, 1.807) is 34.9 Å². The smallest absolute Gasteiger partial charge is 0.276 e. The molecule has 0 atom stereocenters.